The first-order valence-electron chi connectivity index (χ1n) is 6.07. The summed E-state index contributed by atoms with van der Waals surface area (Å²) < 4.78 is 44.1. The van der Waals surface area contributed by atoms with Crippen LogP contribution in [0, 0.1) is 6.92 Å². The Morgan fingerprint density at radius 2 is 1.67 bits per heavy atom. The standard InChI is InChI=1S/C14H13BF3O2.K/c1-10-2-7-14(13(8-10)15(16,17)18)20-9-11-3-5-12(19)6-4-11;/h2-8,19H,9H2,1H3;/q-1;+1. The number of benzene rings is 2. The van der Waals surface area contributed by atoms with Crippen LogP contribution >= 0.6 is 0 Å². The van der Waals surface area contributed by atoms with Crippen molar-refractivity contribution in [1.82, 2.24) is 0 Å². The first-order chi connectivity index (χ1) is 9.36. The van der Waals surface area contributed by atoms with Gasteiger partial charge in [-0.25, -0.2) is 0 Å². The summed E-state index contributed by atoms with van der Waals surface area (Å²) in [4.78, 5) is 0. The van der Waals surface area contributed by atoms with Gasteiger partial charge in [-0.3, -0.25) is 0 Å². The second kappa shape index (κ2) is 7.69. The van der Waals surface area contributed by atoms with Crippen molar-refractivity contribution < 1.29 is 74.2 Å². The van der Waals surface area contributed by atoms with Crippen LogP contribution in [0.1, 0.15) is 11.1 Å². The van der Waals surface area contributed by atoms with Crippen LogP contribution in [0.5, 0.6) is 11.5 Å². The Kier molecular flexibility index (Phi) is 6.80. The van der Waals surface area contributed by atoms with Crippen molar-refractivity contribution >= 4 is 12.4 Å². The molecule has 0 bridgehead atoms. The van der Waals surface area contributed by atoms with Gasteiger partial charge in [0.25, 0.3) is 0 Å². The topological polar surface area (TPSA) is 29.5 Å². The van der Waals surface area contributed by atoms with E-state index in [0.717, 1.165) is 6.07 Å². The number of halogens is 3. The first kappa shape index (κ1) is 18.6. The molecule has 1 N–H and O–H groups in total. The molecule has 106 valence electrons. The van der Waals surface area contributed by atoms with Gasteiger partial charge in [-0.1, -0.05) is 35.3 Å². The van der Waals surface area contributed by atoms with Crippen molar-refractivity contribution in [2.45, 2.75) is 13.5 Å². The molecule has 0 heterocycles. The van der Waals surface area contributed by atoms with E-state index in [0.29, 0.717) is 11.1 Å². The van der Waals surface area contributed by atoms with Crippen LogP contribution in [-0.2, 0) is 6.61 Å². The van der Waals surface area contributed by atoms with E-state index in [-0.39, 0.29) is 69.5 Å². The second-order valence-electron chi connectivity index (χ2n) is 4.57. The molecule has 0 unspecified atom stereocenters. The van der Waals surface area contributed by atoms with Gasteiger partial charge in [0.15, 0.2) is 0 Å². The summed E-state index contributed by atoms with van der Waals surface area (Å²) >= 11 is 0. The fourth-order valence-electron chi connectivity index (χ4n) is 1.81. The van der Waals surface area contributed by atoms with E-state index < -0.39 is 12.4 Å². The van der Waals surface area contributed by atoms with Gasteiger partial charge in [-0.2, -0.15) is 0 Å². The largest absolute Gasteiger partial charge is 1.00 e. The molecule has 0 aliphatic heterocycles. The monoisotopic (exact) mass is 320 g/mol. The third-order valence-corrected chi connectivity index (χ3v) is 2.85. The zero-order valence-electron chi connectivity index (χ0n) is 11.8. The maximum Gasteiger partial charge on any atom is 1.00 e. The summed E-state index contributed by atoms with van der Waals surface area (Å²) in [5, 5.41) is 9.14. The van der Waals surface area contributed by atoms with E-state index in [4.69, 9.17) is 9.84 Å². The number of rotatable bonds is 4. The molecule has 21 heavy (non-hydrogen) atoms. The first-order valence-corrected chi connectivity index (χ1v) is 6.07. The van der Waals surface area contributed by atoms with Crippen molar-refractivity contribution in [3.05, 3.63) is 53.6 Å². The maximum atomic E-state index is 13.0. The molecule has 2 aromatic carbocycles. The molecule has 7 heteroatoms. The number of hydrogen-bond acceptors (Lipinski definition) is 2. The summed E-state index contributed by atoms with van der Waals surface area (Å²) in [6, 6.07) is 10.1. The Bertz CT molecular complexity index is 600. The van der Waals surface area contributed by atoms with E-state index >= 15 is 0 Å². The van der Waals surface area contributed by atoms with Crippen LogP contribution in [0.3, 0.4) is 0 Å². The summed E-state index contributed by atoms with van der Waals surface area (Å²) in [6.07, 6.45) is 0. The van der Waals surface area contributed by atoms with E-state index in [2.05, 4.69) is 0 Å². The van der Waals surface area contributed by atoms with Crippen LogP contribution in [0.2, 0.25) is 0 Å². The minimum Gasteiger partial charge on any atom is -0.508 e. The van der Waals surface area contributed by atoms with Crippen LogP contribution < -0.4 is 61.6 Å². The SMILES string of the molecule is Cc1ccc(OCc2ccc(O)cc2)c([B-](F)(F)F)c1.[K+]. The Morgan fingerprint density at radius 1 is 1.05 bits per heavy atom. The molecule has 2 nitrogen and oxygen atoms in total. The second-order valence-corrected chi connectivity index (χ2v) is 4.57. The summed E-state index contributed by atoms with van der Waals surface area (Å²) in [6.45, 7) is -3.49. The molecule has 0 aromatic heterocycles. The normalized spacial score (nSPS) is 10.9. The third-order valence-electron chi connectivity index (χ3n) is 2.85. The number of hydrogen-bond donors (Lipinski definition) is 1. The Balaban J connectivity index is 0.00000220. The number of aromatic hydroxyl groups is 1. The minimum absolute atomic E-state index is 0. The smallest absolute Gasteiger partial charge is 0.508 e. The molecule has 0 radical (unpaired) electrons. The summed E-state index contributed by atoms with van der Waals surface area (Å²) in [5.41, 5.74) is 0.504. The number of phenolic OH excluding ortho intramolecular Hbond substituents is 1. The average Bonchev–Trinajstić information content (AvgIpc) is 2.38. The zero-order chi connectivity index (χ0) is 14.8. The van der Waals surface area contributed by atoms with Gasteiger partial charge < -0.3 is 22.8 Å². The van der Waals surface area contributed by atoms with Crippen LogP contribution in [0.25, 0.3) is 0 Å². The predicted octanol–water partition coefficient (Wildman–Crippen LogP) is 0.338. The number of ether oxygens (including phenoxy) is 1. The van der Waals surface area contributed by atoms with Crippen LogP contribution in [0.15, 0.2) is 42.5 Å². The van der Waals surface area contributed by atoms with Gasteiger partial charge in [-0.15, -0.1) is 0 Å². The zero-order valence-corrected chi connectivity index (χ0v) is 14.9. The molecule has 0 saturated carbocycles. The van der Waals surface area contributed by atoms with E-state index in [1.807, 2.05) is 0 Å². The van der Waals surface area contributed by atoms with Gasteiger partial charge in [0.1, 0.15) is 12.4 Å². The average molecular weight is 320 g/mol. The van der Waals surface area contributed by atoms with E-state index in [9.17, 15) is 12.9 Å². The molecule has 0 saturated heterocycles. The van der Waals surface area contributed by atoms with Gasteiger partial charge in [0, 0.05) is 0 Å². The van der Waals surface area contributed by atoms with E-state index in [1.54, 1.807) is 25.1 Å². The van der Waals surface area contributed by atoms with Crippen molar-refractivity contribution in [2.75, 3.05) is 0 Å². The number of phenols is 1. The molecule has 2 aromatic rings. The molecule has 0 aliphatic carbocycles. The Morgan fingerprint density at radius 3 is 2.24 bits per heavy atom. The summed E-state index contributed by atoms with van der Waals surface area (Å²) in [5.74, 6) is -0.0698. The van der Waals surface area contributed by atoms with Crippen LogP contribution in [-0.4, -0.2) is 12.1 Å². The third kappa shape index (κ3) is 5.34. The number of aryl methyl sites for hydroxylation is 1. The van der Waals surface area contributed by atoms with Crippen molar-refractivity contribution in [1.29, 1.82) is 0 Å². The Labute approximate surface area is 163 Å². The fourth-order valence-corrected chi connectivity index (χ4v) is 1.81. The van der Waals surface area contributed by atoms with E-state index in [1.165, 1.54) is 18.2 Å². The quantitative estimate of drug-likeness (QED) is 0.823. The molecular weight excluding hydrogens is 307 g/mol. The van der Waals surface area contributed by atoms with Gasteiger partial charge in [0.05, 0.1) is 5.75 Å². The molecule has 0 amide bonds. The molecule has 0 spiro atoms. The van der Waals surface area contributed by atoms with Gasteiger partial charge in [0.2, 0.25) is 0 Å². The predicted molar refractivity (Wildman–Crippen MR) is 72.3 cm³/mol. The molecular formula is C14H13BF3KO2. The minimum atomic E-state index is -5.11. The molecule has 2 rings (SSSR count). The maximum absolute atomic E-state index is 13.0. The summed E-state index contributed by atoms with van der Waals surface area (Å²) in [7, 11) is 0. The van der Waals surface area contributed by atoms with Crippen molar-refractivity contribution in [3.8, 4) is 11.5 Å². The van der Waals surface area contributed by atoms with Gasteiger partial charge >= 0.3 is 58.4 Å². The molecule has 0 fully saturated rings. The van der Waals surface area contributed by atoms with Crippen molar-refractivity contribution in [3.63, 3.8) is 0 Å². The fraction of sp³-hybridized carbons (Fsp3) is 0.143. The molecule has 0 atom stereocenters. The van der Waals surface area contributed by atoms with Crippen molar-refractivity contribution in [2.24, 2.45) is 0 Å². The van der Waals surface area contributed by atoms with Crippen LogP contribution in [0.4, 0.5) is 12.9 Å². The van der Waals surface area contributed by atoms with Gasteiger partial charge in [-0.05, 0) is 30.7 Å². The molecule has 0 aliphatic rings. The Hall–Kier alpha value is -0.469.